The third-order valence-electron chi connectivity index (χ3n) is 3.12. The lowest BCUT2D eigenvalue weighted by molar-refractivity contribution is -0.450. The summed E-state index contributed by atoms with van der Waals surface area (Å²) in [5.41, 5.74) is -1.03. The fourth-order valence-electron chi connectivity index (χ4n) is 1.33. The average Bonchev–Trinajstić information content (AvgIpc) is 2.52. The summed E-state index contributed by atoms with van der Waals surface area (Å²) < 4.78 is 196. The van der Waals surface area contributed by atoms with Gasteiger partial charge in [-0.2, -0.15) is 65.9 Å². The molecule has 0 rings (SSSR count). The zero-order valence-electron chi connectivity index (χ0n) is 13.6. The highest BCUT2D eigenvalue weighted by molar-refractivity contribution is 5.97. The topological polar surface area (TPSA) is 43.4 Å². The average molecular weight is 482 g/mol. The van der Waals surface area contributed by atoms with Crippen LogP contribution in [0.25, 0.3) is 0 Å². The molecule has 3 nitrogen and oxygen atoms in total. The van der Waals surface area contributed by atoms with Crippen molar-refractivity contribution >= 4 is 11.9 Å². The Hall–Kier alpha value is -2.17. The Morgan fingerprint density at radius 3 is 1.20 bits per heavy atom. The van der Waals surface area contributed by atoms with E-state index in [1.165, 1.54) is 0 Å². The van der Waals surface area contributed by atoms with Crippen LogP contribution in [0.15, 0.2) is 12.2 Å². The van der Waals surface area contributed by atoms with Crippen molar-refractivity contribution in [3.05, 3.63) is 12.2 Å². The smallest absolute Gasteiger partial charge is 0.385 e. The first kappa shape index (κ1) is 27.8. The van der Waals surface area contributed by atoms with Crippen LogP contribution in [-0.2, 0) is 14.3 Å². The van der Waals surface area contributed by atoms with Crippen LogP contribution < -0.4 is 0 Å². The monoisotopic (exact) mass is 482 g/mol. The standard InChI is InChI=1S/C12H5F15O3/c1-3(2)4(28)30-5(29)6(13,14)7(15,16)8(17,18)9(19,20)10(21,22)11(23,24)12(25,26)27/h1H2,2H3. The largest absolute Gasteiger partial charge is 0.460 e. The summed E-state index contributed by atoms with van der Waals surface area (Å²) in [5, 5.41) is 0. The second-order valence-corrected chi connectivity index (χ2v) is 5.40. The second-order valence-electron chi connectivity index (χ2n) is 5.40. The van der Waals surface area contributed by atoms with Gasteiger partial charge in [0.25, 0.3) is 0 Å². The van der Waals surface area contributed by atoms with Gasteiger partial charge < -0.3 is 4.74 Å². The predicted octanol–water partition coefficient (Wildman–Crippen LogP) is 5.01. The summed E-state index contributed by atoms with van der Waals surface area (Å²) in [6, 6.07) is 0. The first-order valence-corrected chi connectivity index (χ1v) is 6.50. The molecule has 30 heavy (non-hydrogen) atoms. The van der Waals surface area contributed by atoms with E-state index in [-0.39, 0.29) is 0 Å². The molecular formula is C12H5F15O3. The van der Waals surface area contributed by atoms with Crippen molar-refractivity contribution in [2.75, 3.05) is 0 Å². The number of ether oxygens (including phenoxy) is 1. The van der Waals surface area contributed by atoms with Gasteiger partial charge in [0, 0.05) is 5.57 Å². The van der Waals surface area contributed by atoms with E-state index in [0.717, 1.165) is 0 Å². The van der Waals surface area contributed by atoms with Crippen molar-refractivity contribution in [3.8, 4) is 0 Å². The van der Waals surface area contributed by atoms with E-state index in [2.05, 4.69) is 11.3 Å². The van der Waals surface area contributed by atoms with Crippen molar-refractivity contribution in [2.45, 2.75) is 48.6 Å². The fourth-order valence-corrected chi connectivity index (χ4v) is 1.33. The normalized spacial score (nSPS) is 15.1. The molecule has 0 saturated heterocycles. The Balaban J connectivity index is 6.52. The van der Waals surface area contributed by atoms with Crippen molar-refractivity contribution in [2.24, 2.45) is 0 Å². The summed E-state index contributed by atoms with van der Waals surface area (Å²) in [6.45, 7) is 3.17. The third kappa shape index (κ3) is 3.67. The van der Waals surface area contributed by atoms with Crippen LogP contribution in [0.2, 0.25) is 0 Å². The molecule has 0 atom stereocenters. The summed E-state index contributed by atoms with van der Waals surface area (Å²) in [4.78, 5) is 21.6. The lowest BCUT2D eigenvalue weighted by Gasteiger charge is -2.40. The third-order valence-corrected chi connectivity index (χ3v) is 3.12. The van der Waals surface area contributed by atoms with Gasteiger partial charge >= 0.3 is 53.7 Å². The zero-order valence-corrected chi connectivity index (χ0v) is 13.6. The van der Waals surface area contributed by atoms with Gasteiger partial charge in [-0.25, -0.2) is 9.59 Å². The molecule has 0 heterocycles. The van der Waals surface area contributed by atoms with E-state index in [0.29, 0.717) is 6.92 Å². The Bertz CT molecular complexity index is 719. The van der Waals surface area contributed by atoms with Crippen molar-refractivity contribution in [1.29, 1.82) is 0 Å². The van der Waals surface area contributed by atoms with Gasteiger partial charge in [0.15, 0.2) is 0 Å². The maximum absolute atomic E-state index is 13.3. The minimum absolute atomic E-state index is 0.564. The number of alkyl halides is 15. The van der Waals surface area contributed by atoms with Crippen LogP contribution in [0, 0.1) is 0 Å². The number of hydrogen-bond donors (Lipinski definition) is 0. The van der Waals surface area contributed by atoms with E-state index < -0.39 is 59.2 Å². The van der Waals surface area contributed by atoms with E-state index in [4.69, 9.17) is 0 Å². The maximum Gasteiger partial charge on any atom is 0.460 e. The molecule has 18 heteroatoms. The molecule has 0 fully saturated rings. The van der Waals surface area contributed by atoms with Gasteiger partial charge in [0.1, 0.15) is 0 Å². The van der Waals surface area contributed by atoms with Gasteiger partial charge in [-0.05, 0) is 6.92 Å². The molecule has 0 unspecified atom stereocenters. The molecule has 0 radical (unpaired) electrons. The van der Waals surface area contributed by atoms with Crippen molar-refractivity contribution in [3.63, 3.8) is 0 Å². The second kappa shape index (κ2) is 7.21. The highest BCUT2D eigenvalue weighted by Gasteiger charge is 2.94. The minimum atomic E-state index is -8.54. The Morgan fingerprint density at radius 2 is 0.900 bits per heavy atom. The molecule has 0 bridgehead atoms. The van der Waals surface area contributed by atoms with Crippen molar-refractivity contribution in [1.82, 2.24) is 0 Å². The molecule has 0 amide bonds. The van der Waals surface area contributed by atoms with Gasteiger partial charge in [-0.15, -0.1) is 0 Å². The van der Waals surface area contributed by atoms with Crippen LogP contribution in [-0.4, -0.2) is 53.7 Å². The number of halogens is 15. The van der Waals surface area contributed by atoms with Crippen LogP contribution in [0.5, 0.6) is 0 Å². The highest BCUT2D eigenvalue weighted by atomic mass is 19.4. The quantitative estimate of drug-likeness (QED) is 0.222. The molecule has 0 aliphatic rings. The van der Waals surface area contributed by atoms with Gasteiger partial charge in [-0.3, -0.25) is 0 Å². The van der Waals surface area contributed by atoms with Crippen LogP contribution in [0.1, 0.15) is 6.92 Å². The molecule has 0 N–H and O–H groups in total. The molecule has 0 aliphatic carbocycles. The zero-order chi connectivity index (χ0) is 24.9. The molecule has 0 aromatic heterocycles. The molecule has 176 valence electrons. The van der Waals surface area contributed by atoms with Gasteiger partial charge in [0.2, 0.25) is 0 Å². The number of rotatable bonds is 7. The summed E-state index contributed by atoms with van der Waals surface area (Å²) in [7, 11) is 0. The number of carbonyl (C=O) groups is 2. The number of carbonyl (C=O) groups excluding carboxylic acids is 2. The van der Waals surface area contributed by atoms with E-state index in [9.17, 15) is 75.4 Å². The van der Waals surface area contributed by atoms with Crippen molar-refractivity contribution < 1.29 is 80.2 Å². The fraction of sp³-hybridized carbons (Fsp3) is 0.667. The molecule has 0 spiro atoms. The van der Waals surface area contributed by atoms with E-state index >= 15 is 0 Å². The van der Waals surface area contributed by atoms with Crippen LogP contribution >= 0.6 is 0 Å². The number of hydrogen-bond acceptors (Lipinski definition) is 3. The minimum Gasteiger partial charge on any atom is -0.385 e. The summed E-state index contributed by atoms with van der Waals surface area (Å²) >= 11 is 0. The Labute approximate surface area is 154 Å². The SMILES string of the molecule is C=C(C)C(=O)OC(=O)C(F)(F)C(F)(F)C(F)(F)C(F)(F)C(F)(F)C(F)(F)C(F)(F)F. The van der Waals surface area contributed by atoms with E-state index in [1.54, 1.807) is 0 Å². The molecule has 0 aromatic rings. The maximum atomic E-state index is 13.3. The van der Waals surface area contributed by atoms with Gasteiger partial charge in [-0.1, -0.05) is 6.58 Å². The molecular weight excluding hydrogens is 477 g/mol. The predicted molar refractivity (Wildman–Crippen MR) is 61.6 cm³/mol. The molecule has 0 aliphatic heterocycles. The van der Waals surface area contributed by atoms with Crippen LogP contribution in [0.3, 0.4) is 0 Å². The number of esters is 2. The lowest BCUT2D eigenvalue weighted by atomic mass is 9.91. The van der Waals surface area contributed by atoms with E-state index in [1.807, 2.05) is 0 Å². The highest BCUT2D eigenvalue weighted by Crippen LogP contribution is 2.62. The molecule has 0 aromatic carbocycles. The Morgan fingerprint density at radius 1 is 0.600 bits per heavy atom. The lowest BCUT2D eigenvalue weighted by Crippen LogP contribution is -2.73. The first-order valence-electron chi connectivity index (χ1n) is 6.50. The Kier molecular flexibility index (Phi) is 6.69. The first-order chi connectivity index (χ1) is 12.7. The summed E-state index contributed by atoms with van der Waals surface area (Å²) in [6.07, 6.45) is -7.74. The van der Waals surface area contributed by atoms with Gasteiger partial charge in [0.05, 0.1) is 0 Å². The van der Waals surface area contributed by atoms with Crippen LogP contribution in [0.4, 0.5) is 65.9 Å². The summed E-state index contributed by atoms with van der Waals surface area (Å²) in [5.74, 6) is -55.3. The molecule has 0 saturated carbocycles.